The van der Waals surface area contributed by atoms with Crippen LogP contribution in [0.25, 0.3) is 0 Å². The number of carbonyl (C=O) groups is 4. The molecule has 1 saturated heterocycles. The van der Waals surface area contributed by atoms with Gasteiger partial charge >= 0.3 is 10.2 Å². The van der Waals surface area contributed by atoms with E-state index in [-0.39, 0.29) is 54.2 Å². The minimum Gasteiger partial charge on any atom is -0.355 e. The zero-order valence-corrected chi connectivity index (χ0v) is 31.4. The van der Waals surface area contributed by atoms with Crippen molar-refractivity contribution in [1.29, 1.82) is 0 Å². The standard InChI is InChI=1S/C36H51N9O6S/c1-7-37-36(49)32(23(2)3)43-33(46)25(5)38-21-30(16-26-12-9-8-10-13-26)42-35(48)28-17-27(34(47)41-24(4)29-20-39-44(6)22-29)18-31(19-28)45-15-11-14-40-52(45,50)51/h8-10,12-13,17-20,22-25,30,32,38,40H,7,11,14-16,21H2,1-6H3,(H,37,49)(H,41,47)(H,42,48)(H,43,46)/t24?,25-,30-,32-/m0/s1. The number of rotatable bonds is 16. The first kappa shape index (κ1) is 40.0. The van der Waals surface area contributed by atoms with Crippen molar-refractivity contribution in [2.45, 2.75) is 71.6 Å². The summed E-state index contributed by atoms with van der Waals surface area (Å²) < 4.78 is 31.3. The van der Waals surface area contributed by atoms with Crippen LogP contribution in [0.4, 0.5) is 5.69 Å². The van der Waals surface area contributed by atoms with Crippen molar-refractivity contribution in [1.82, 2.24) is 41.1 Å². The lowest BCUT2D eigenvalue weighted by atomic mass is 10.0. The molecule has 15 nitrogen and oxygen atoms in total. The van der Waals surface area contributed by atoms with Crippen LogP contribution < -0.4 is 35.6 Å². The molecule has 0 aliphatic carbocycles. The summed E-state index contributed by atoms with van der Waals surface area (Å²) in [6.45, 7) is 10.1. The van der Waals surface area contributed by atoms with E-state index < -0.39 is 46.2 Å². The molecular formula is C36H51N9O6S. The zero-order chi connectivity index (χ0) is 38.0. The average molecular weight is 738 g/mol. The van der Waals surface area contributed by atoms with Crippen LogP contribution in [-0.4, -0.2) is 86.1 Å². The number of nitrogens with zero attached hydrogens (tertiary/aromatic N) is 3. The molecular weight excluding hydrogens is 687 g/mol. The van der Waals surface area contributed by atoms with Crippen LogP contribution in [-0.2, 0) is 33.3 Å². The molecule has 0 spiro atoms. The van der Waals surface area contributed by atoms with E-state index >= 15 is 0 Å². The molecule has 0 bridgehead atoms. The van der Waals surface area contributed by atoms with Gasteiger partial charge in [0.1, 0.15) is 6.04 Å². The Morgan fingerprint density at radius 3 is 2.19 bits per heavy atom. The van der Waals surface area contributed by atoms with Gasteiger partial charge in [0.2, 0.25) is 11.8 Å². The Labute approximate surface area is 305 Å². The average Bonchev–Trinajstić information content (AvgIpc) is 3.55. The van der Waals surface area contributed by atoms with Crippen molar-refractivity contribution in [3.63, 3.8) is 0 Å². The molecule has 1 aliphatic heterocycles. The highest BCUT2D eigenvalue weighted by molar-refractivity contribution is 7.90. The molecule has 16 heteroatoms. The molecule has 3 aromatic rings. The molecule has 2 aromatic carbocycles. The summed E-state index contributed by atoms with van der Waals surface area (Å²) in [5.41, 5.74) is 2.08. The van der Waals surface area contributed by atoms with Crippen LogP contribution in [0.5, 0.6) is 0 Å². The van der Waals surface area contributed by atoms with Crippen LogP contribution in [0.15, 0.2) is 60.9 Å². The van der Waals surface area contributed by atoms with Crippen molar-refractivity contribution in [3.8, 4) is 0 Å². The Kier molecular flexibility index (Phi) is 13.9. The van der Waals surface area contributed by atoms with Gasteiger partial charge in [0.15, 0.2) is 0 Å². The van der Waals surface area contributed by atoms with E-state index in [1.165, 1.54) is 18.2 Å². The second kappa shape index (κ2) is 18.1. The number of hydrogen-bond acceptors (Lipinski definition) is 8. The number of aryl methyl sites for hydroxylation is 1. The first-order valence-electron chi connectivity index (χ1n) is 17.6. The van der Waals surface area contributed by atoms with E-state index in [0.29, 0.717) is 19.4 Å². The van der Waals surface area contributed by atoms with Gasteiger partial charge in [0.05, 0.1) is 24.0 Å². The molecule has 0 radical (unpaired) electrons. The van der Waals surface area contributed by atoms with Gasteiger partial charge < -0.3 is 26.6 Å². The maximum absolute atomic E-state index is 14.0. The lowest BCUT2D eigenvalue weighted by Gasteiger charge is -2.29. The summed E-state index contributed by atoms with van der Waals surface area (Å²) in [6, 6.07) is 11.5. The largest absolute Gasteiger partial charge is 0.355 e. The van der Waals surface area contributed by atoms with Crippen molar-refractivity contribution < 1.29 is 27.6 Å². The van der Waals surface area contributed by atoms with Crippen molar-refractivity contribution >= 4 is 39.5 Å². The fourth-order valence-electron chi connectivity index (χ4n) is 5.78. The summed E-state index contributed by atoms with van der Waals surface area (Å²) in [5, 5.41) is 18.9. The smallest absolute Gasteiger partial charge is 0.301 e. The number of benzene rings is 2. The van der Waals surface area contributed by atoms with Crippen molar-refractivity contribution in [2.75, 3.05) is 30.5 Å². The van der Waals surface area contributed by atoms with Gasteiger partial charge in [-0.3, -0.25) is 28.2 Å². The SMILES string of the molecule is CCNC(=O)[C@@H](NC(=O)[C@H](C)NC[C@H](Cc1ccccc1)NC(=O)c1cc(C(=O)NC(C)c2cnn(C)c2)cc(N2CCCNS2(=O)=O)c1)C(C)C. The summed E-state index contributed by atoms with van der Waals surface area (Å²) in [5.74, 6) is -1.79. The molecule has 52 heavy (non-hydrogen) atoms. The Balaban J connectivity index is 1.58. The molecule has 1 aromatic heterocycles. The monoisotopic (exact) mass is 737 g/mol. The number of anilines is 1. The maximum atomic E-state index is 14.0. The van der Waals surface area contributed by atoms with Crippen LogP contribution in [0.1, 0.15) is 78.9 Å². The van der Waals surface area contributed by atoms with E-state index in [0.717, 1.165) is 15.4 Å². The molecule has 1 unspecified atom stereocenters. The molecule has 4 amide bonds. The van der Waals surface area contributed by atoms with E-state index in [1.807, 2.05) is 51.1 Å². The summed E-state index contributed by atoms with van der Waals surface area (Å²) in [7, 11) is -2.13. The highest BCUT2D eigenvalue weighted by Gasteiger charge is 2.29. The van der Waals surface area contributed by atoms with Crippen molar-refractivity contribution in [2.24, 2.45) is 13.0 Å². The second-order valence-electron chi connectivity index (χ2n) is 13.4. The Morgan fingerprint density at radius 1 is 0.923 bits per heavy atom. The number of hydrogen-bond donors (Lipinski definition) is 6. The number of nitrogens with one attached hydrogen (secondary N) is 6. The number of likely N-dealkylation sites (N-methyl/N-ethyl adjacent to an activating group) is 1. The summed E-state index contributed by atoms with van der Waals surface area (Å²) in [4.78, 5) is 53.3. The lowest BCUT2D eigenvalue weighted by Crippen LogP contribution is -2.55. The predicted octanol–water partition coefficient (Wildman–Crippen LogP) is 1.55. The van der Waals surface area contributed by atoms with E-state index in [4.69, 9.17) is 0 Å². The maximum Gasteiger partial charge on any atom is 0.301 e. The first-order valence-corrected chi connectivity index (χ1v) is 19.0. The normalized spacial score (nSPS) is 16.3. The van der Waals surface area contributed by atoms with Gasteiger partial charge in [0.25, 0.3) is 11.8 Å². The van der Waals surface area contributed by atoms with E-state index in [9.17, 15) is 27.6 Å². The number of amides is 4. The molecule has 1 aliphatic rings. The predicted molar refractivity (Wildman–Crippen MR) is 199 cm³/mol. The molecule has 282 valence electrons. The second-order valence-corrected chi connectivity index (χ2v) is 15.0. The molecule has 1 fully saturated rings. The quantitative estimate of drug-likeness (QED) is 0.127. The number of carbonyl (C=O) groups excluding carboxylic acids is 4. The van der Waals surface area contributed by atoms with Gasteiger partial charge in [0, 0.05) is 62.2 Å². The fraction of sp³-hybridized carbons (Fsp3) is 0.472. The third kappa shape index (κ3) is 10.9. The third-order valence-corrected chi connectivity index (χ3v) is 10.3. The van der Waals surface area contributed by atoms with Crippen molar-refractivity contribution in [3.05, 3.63) is 83.2 Å². The summed E-state index contributed by atoms with van der Waals surface area (Å²) >= 11 is 0. The van der Waals surface area contributed by atoms with E-state index in [2.05, 4.69) is 36.4 Å². The highest BCUT2D eigenvalue weighted by Crippen LogP contribution is 2.25. The van der Waals surface area contributed by atoms with Gasteiger partial charge in [-0.25, -0.2) is 0 Å². The highest BCUT2D eigenvalue weighted by atomic mass is 32.2. The molecule has 4 rings (SSSR count). The molecule has 2 heterocycles. The van der Waals surface area contributed by atoms with E-state index in [1.54, 1.807) is 38.0 Å². The minimum absolute atomic E-state index is 0.0861. The first-order chi connectivity index (χ1) is 24.7. The third-order valence-electron chi connectivity index (χ3n) is 8.74. The zero-order valence-electron chi connectivity index (χ0n) is 30.6. The molecule has 6 N–H and O–H groups in total. The topological polar surface area (TPSA) is 196 Å². The van der Waals surface area contributed by atoms with Gasteiger partial charge in [-0.05, 0) is 63.3 Å². The van der Waals surface area contributed by atoms with Gasteiger partial charge in [-0.1, -0.05) is 44.2 Å². The Morgan fingerprint density at radius 2 is 1.60 bits per heavy atom. The number of aromatic nitrogens is 2. The van der Waals surface area contributed by atoms with Crippen LogP contribution in [0, 0.1) is 5.92 Å². The van der Waals surface area contributed by atoms with Crippen LogP contribution in [0.3, 0.4) is 0 Å². The van der Waals surface area contributed by atoms with Crippen LogP contribution >= 0.6 is 0 Å². The molecule has 0 saturated carbocycles. The van der Waals surface area contributed by atoms with Crippen LogP contribution in [0.2, 0.25) is 0 Å². The fourth-order valence-corrected chi connectivity index (χ4v) is 7.10. The minimum atomic E-state index is -3.90. The van der Waals surface area contributed by atoms with Gasteiger partial charge in [-0.15, -0.1) is 0 Å². The Hall–Kier alpha value is -4.80. The lowest BCUT2D eigenvalue weighted by molar-refractivity contribution is -0.130. The van der Waals surface area contributed by atoms with Gasteiger partial charge in [-0.2, -0.15) is 18.2 Å². The summed E-state index contributed by atoms with van der Waals surface area (Å²) in [6.07, 6.45) is 4.36. The molecule has 4 atom stereocenters. The Bertz CT molecular complexity index is 1820.